The van der Waals surface area contributed by atoms with Gasteiger partial charge in [-0.05, 0) is 33.8 Å². The van der Waals surface area contributed by atoms with Crippen molar-refractivity contribution in [3.05, 3.63) is 29.8 Å². The molecule has 0 saturated carbocycles. The average Bonchev–Trinajstić information content (AvgIpc) is 2.33. The van der Waals surface area contributed by atoms with Crippen LogP contribution in [0.3, 0.4) is 0 Å². The largest absolute Gasteiger partial charge is 0.491 e. The highest BCUT2D eigenvalue weighted by Gasteiger charge is 2.11. The molecule has 3 nitrogen and oxygen atoms in total. The highest BCUT2D eigenvalue weighted by Crippen LogP contribution is 2.19. The highest BCUT2D eigenvalue weighted by atomic mass is 16.5. The predicted molar refractivity (Wildman–Crippen MR) is 75.0 cm³/mol. The molecule has 102 valence electrons. The van der Waals surface area contributed by atoms with E-state index in [-0.39, 0.29) is 11.6 Å². The van der Waals surface area contributed by atoms with Crippen molar-refractivity contribution < 1.29 is 9.47 Å². The van der Waals surface area contributed by atoms with E-state index < -0.39 is 0 Å². The van der Waals surface area contributed by atoms with E-state index in [2.05, 4.69) is 32.2 Å². The first-order valence-corrected chi connectivity index (χ1v) is 6.41. The third-order valence-electron chi connectivity index (χ3n) is 2.66. The van der Waals surface area contributed by atoms with Crippen molar-refractivity contribution in [1.82, 2.24) is 5.32 Å². The first-order chi connectivity index (χ1) is 8.42. The maximum absolute atomic E-state index is 5.79. The second kappa shape index (κ2) is 6.76. The summed E-state index contributed by atoms with van der Waals surface area (Å²) < 4.78 is 11.0. The molecule has 0 bridgehead atoms. The highest BCUT2D eigenvalue weighted by molar-refractivity contribution is 5.33. The molecule has 0 aromatic heterocycles. The zero-order valence-corrected chi connectivity index (χ0v) is 12.1. The summed E-state index contributed by atoms with van der Waals surface area (Å²) in [4.78, 5) is 0. The van der Waals surface area contributed by atoms with E-state index in [4.69, 9.17) is 9.47 Å². The van der Waals surface area contributed by atoms with Gasteiger partial charge in [-0.25, -0.2) is 0 Å². The number of nitrogens with one attached hydrogen (secondary N) is 1. The number of methoxy groups -OCH3 is 1. The quantitative estimate of drug-likeness (QED) is 0.843. The molecule has 0 radical (unpaired) electrons. The van der Waals surface area contributed by atoms with Crippen LogP contribution in [-0.2, 0) is 11.3 Å². The van der Waals surface area contributed by atoms with E-state index in [9.17, 15) is 0 Å². The average molecular weight is 251 g/mol. The van der Waals surface area contributed by atoms with Crippen LogP contribution in [0.4, 0.5) is 0 Å². The number of hydrogen-bond donors (Lipinski definition) is 1. The van der Waals surface area contributed by atoms with E-state index in [1.165, 1.54) is 5.56 Å². The fraction of sp³-hybridized carbons (Fsp3) is 0.600. The van der Waals surface area contributed by atoms with Gasteiger partial charge in [-0.2, -0.15) is 0 Å². The minimum Gasteiger partial charge on any atom is -0.491 e. The number of rotatable bonds is 6. The topological polar surface area (TPSA) is 30.5 Å². The zero-order valence-electron chi connectivity index (χ0n) is 12.1. The van der Waals surface area contributed by atoms with Gasteiger partial charge in [0.1, 0.15) is 12.4 Å². The summed E-state index contributed by atoms with van der Waals surface area (Å²) in [7, 11) is 1.70. The Balaban J connectivity index is 2.62. The maximum atomic E-state index is 5.79. The number of hydrogen-bond acceptors (Lipinski definition) is 3. The molecule has 0 spiro atoms. The Labute approximate surface area is 110 Å². The van der Waals surface area contributed by atoms with E-state index in [0.29, 0.717) is 6.61 Å². The van der Waals surface area contributed by atoms with Crippen LogP contribution in [0.2, 0.25) is 0 Å². The molecule has 1 unspecified atom stereocenters. The van der Waals surface area contributed by atoms with Crippen LogP contribution in [0.25, 0.3) is 0 Å². The second-order valence-electron chi connectivity index (χ2n) is 5.57. The molecule has 18 heavy (non-hydrogen) atoms. The van der Waals surface area contributed by atoms with Gasteiger partial charge in [-0.1, -0.05) is 18.2 Å². The lowest BCUT2D eigenvalue weighted by Crippen LogP contribution is -2.35. The van der Waals surface area contributed by atoms with Crippen molar-refractivity contribution in [2.24, 2.45) is 0 Å². The van der Waals surface area contributed by atoms with Crippen molar-refractivity contribution in [2.45, 2.75) is 45.9 Å². The number of para-hydroxylation sites is 1. The molecule has 1 N–H and O–H groups in total. The van der Waals surface area contributed by atoms with Gasteiger partial charge in [-0.15, -0.1) is 0 Å². The normalized spacial score (nSPS) is 13.4. The minimum atomic E-state index is 0.104. The summed E-state index contributed by atoms with van der Waals surface area (Å²) in [6, 6.07) is 8.12. The van der Waals surface area contributed by atoms with Gasteiger partial charge in [0, 0.05) is 24.8 Å². The molecular formula is C15H25NO2. The number of ether oxygens (including phenoxy) is 2. The second-order valence-corrected chi connectivity index (χ2v) is 5.57. The van der Waals surface area contributed by atoms with Gasteiger partial charge >= 0.3 is 0 Å². The van der Waals surface area contributed by atoms with E-state index >= 15 is 0 Å². The van der Waals surface area contributed by atoms with Gasteiger partial charge in [0.25, 0.3) is 0 Å². The Kier molecular flexibility index (Phi) is 5.63. The first-order valence-electron chi connectivity index (χ1n) is 6.41. The van der Waals surface area contributed by atoms with Gasteiger partial charge in [0.05, 0.1) is 6.10 Å². The fourth-order valence-electron chi connectivity index (χ4n) is 1.43. The zero-order chi connectivity index (χ0) is 13.6. The van der Waals surface area contributed by atoms with Crippen molar-refractivity contribution in [3.8, 4) is 5.75 Å². The van der Waals surface area contributed by atoms with Crippen molar-refractivity contribution in [1.29, 1.82) is 0 Å². The van der Waals surface area contributed by atoms with Crippen LogP contribution < -0.4 is 10.1 Å². The minimum absolute atomic E-state index is 0.104. The molecule has 1 aromatic carbocycles. The molecule has 1 aromatic rings. The van der Waals surface area contributed by atoms with E-state index in [0.717, 1.165) is 12.3 Å². The summed E-state index contributed by atoms with van der Waals surface area (Å²) in [5.74, 6) is 0.929. The molecular weight excluding hydrogens is 226 g/mol. The van der Waals surface area contributed by atoms with Gasteiger partial charge in [-0.3, -0.25) is 0 Å². The van der Waals surface area contributed by atoms with Crippen molar-refractivity contribution in [3.63, 3.8) is 0 Å². The Morgan fingerprint density at radius 1 is 1.22 bits per heavy atom. The monoisotopic (exact) mass is 251 g/mol. The summed E-state index contributed by atoms with van der Waals surface area (Å²) in [5, 5.41) is 3.47. The molecule has 0 heterocycles. The van der Waals surface area contributed by atoms with Crippen LogP contribution in [-0.4, -0.2) is 25.4 Å². The lowest BCUT2D eigenvalue weighted by molar-refractivity contribution is 0.0712. The van der Waals surface area contributed by atoms with Gasteiger partial charge < -0.3 is 14.8 Å². The third kappa shape index (κ3) is 5.52. The van der Waals surface area contributed by atoms with E-state index in [1.807, 2.05) is 25.1 Å². The van der Waals surface area contributed by atoms with Crippen LogP contribution >= 0.6 is 0 Å². The molecule has 0 aliphatic carbocycles. The van der Waals surface area contributed by atoms with Crippen LogP contribution in [0, 0.1) is 0 Å². The van der Waals surface area contributed by atoms with Crippen LogP contribution in [0.1, 0.15) is 33.3 Å². The fourth-order valence-corrected chi connectivity index (χ4v) is 1.43. The molecule has 0 amide bonds. The molecule has 0 saturated heterocycles. The molecule has 0 aliphatic rings. The summed E-state index contributed by atoms with van der Waals surface area (Å²) in [6.07, 6.45) is 0.105. The summed E-state index contributed by atoms with van der Waals surface area (Å²) in [6.45, 7) is 9.84. The molecule has 0 aliphatic heterocycles. The molecule has 3 heteroatoms. The van der Waals surface area contributed by atoms with Gasteiger partial charge in [0.15, 0.2) is 0 Å². The molecule has 1 rings (SSSR count). The maximum Gasteiger partial charge on any atom is 0.123 e. The Hall–Kier alpha value is -1.06. The third-order valence-corrected chi connectivity index (χ3v) is 2.66. The standard InChI is InChI=1S/C15H25NO2/c1-12(17-5)11-18-14-9-7-6-8-13(14)10-16-15(2,3)4/h6-9,12,16H,10-11H2,1-5H3. The Morgan fingerprint density at radius 3 is 2.50 bits per heavy atom. The number of benzene rings is 1. The lowest BCUT2D eigenvalue weighted by Gasteiger charge is -2.22. The Morgan fingerprint density at radius 2 is 1.89 bits per heavy atom. The SMILES string of the molecule is COC(C)COc1ccccc1CNC(C)(C)C. The van der Waals surface area contributed by atoms with E-state index in [1.54, 1.807) is 7.11 Å². The lowest BCUT2D eigenvalue weighted by atomic mass is 10.1. The summed E-state index contributed by atoms with van der Waals surface area (Å²) in [5.41, 5.74) is 1.28. The van der Waals surface area contributed by atoms with Crippen LogP contribution in [0.5, 0.6) is 5.75 Å². The van der Waals surface area contributed by atoms with Crippen molar-refractivity contribution >= 4 is 0 Å². The van der Waals surface area contributed by atoms with Crippen molar-refractivity contribution in [2.75, 3.05) is 13.7 Å². The Bertz CT molecular complexity index is 358. The van der Waals surface area contributed by atoms with Gasteiger partial charge in [0.2, 0.25) is 0 Å². The predicted octanol–water partition coefficient (Wildman–Crippen LogP) is 2.99. The molecule has 1 atom stereocenters. The van der Waals surface area contributed by atoms with Crippen LogP contribution in [0.15, 0.2) is 24.3 Å². The molecule has 0 fully saturated rings. The first kappa shape index (κ1) is 15.0. The smallest absolute Gasteiger partial charge is 0.123 e. The summed E-state index contributed by atoms with van der Waals surface area (Å²) >= 11 is 0.